The highest BCUT2D eigenvalue weighted by atomic mass is 32.2. The second-order valence-corrected chi connectivity index (χ2v) is 5.73. The lowest BCUT2D eigenvalue weighted by molar-refractivity contribution is -0.138. The highest BCUT2D eigenvalue weighted by molar-refractivity contribution is 7.99. The molecule has 100 valence electrons. The molecular formula is C13H11F2NO2S. The number of benzene rings is 1. The van der Waals surface area contributed by atoms with Gasteiger partial charge in [0, 0.05) is 5.75 Å². The van der Waals surface area contributed by atoms with E-state index in [1.807, 2.05) is 0 Å². The number of aliphatic carboxylic acids is 1. The minimum absolute atomic E-state index is 0.0273. The van der Waals surface area contributed by atoms with E-state index >= 15 is 0 Å². The first-order chi connectivity index (χ1) is 8.96. The van der Waals surface area contributed by atoms with Crippen molar-refractivity contribution in [1.29, 1.82) is 5.26 Å². The van der Waals surface area contributed by atoms with E-state index in [2.05, 4.69) is 0 Å². The van der Waals surface area contributed by atoms with Gasteiger partial charge in [0.1, 0.15) is 11.6 Å². The first kappa shape index (κ1) is 13.8. The van der Waals surface area contributed by atoms with Crippen molar-refractivity contribution in [3.63, 3.8) is 0 Å². The summed E-state index contributed by atoms with van der Waals surface area (Å²) in [6, 6.07) is 3.66. The van der Waals surface area contributed by atoms with Crippen LogP contribution in [0.15, 0.2) is 17.0 Å². The second-order valence-electron chi connectivity index (χ2n) is 4.74. The Balaban J connectivity index is 2.09. The van der Waals surface area contributed by atoms with Gasteiger partial charge in [-0.1, -0.05) is 0 Å². The number of nitrogens with zero attached hydrogens (tertiary/aromatic N) is 1. The number of hydrogen-bond donors (Lipinski definition) is 1. The molecule has 1 saturated carbocycles. The smallest absolute Gasteiger partial charge is 0.303 e. The van der Waals surface area contributed by atoms with Crippen molar-refractivity contribution < 1.29 is 18.7 Å². The van der Waals surface area contributed by atoms with Gasteiger partial charge >= 0.3 is 5.97 Å². The van der Waals surface area contributed by atoms with E-state index in [1.54, 1.807) is 6.07 Å². The van der Waals surface area contributed by atoms with Crippen LogP contribution in [0.3, 0.4) is 0 Å². The number of halogens is 2. The predicted molar refractivity (Wildman–Crippen MR) is 65.7 cm³/mol. The maximum absolute atomic E-state index is 13.6. The number of carbonyl (C=O) groups is 1. The Morgan fingerprint density at radius 3 is 2.42 bits per heavy atom. The topological polar surface area (TPSA) is 61.1 Å². The Labute approximate surface area is 113 Å². The summed E-state index contributed by atoms with van der Waals surface area (Å²) < 4.78 is 27.3. The Kier molecular flexibility index (Phi) is 3.76. The summed E-state index contributed by atoms with van der Waals surface area (Å²) in [6.07, 6.45) is 1.57. The van der Waals surface area contributed by atoms with E-state index in [0.717, 1.165) is 36.7 Å². The van der Waals surface area contributed by atoms with Crippen molar-refractivity contribution in [1.82, 2.24) is 0 Å². The number of carboxylic acid groups (broad SMARTS) is 1. The maximum Gasteiger partial charge on any atom is 0.303 e. The quantitative estimate of drug-likeness (QED) is 0.843. The Morgan fingerprint density at radius 2 is 2.00 bits per heavy atom. The third-order valence-electron chi connectivity index (χ3n) is 3.13. The summed E-state index contributed by atoms with van der Waals surface area (Å²) >= 11 is 0.982. The molecule has 0 heterocycles. The summed E-state index contributed by atoms with van der Waals surface area (Å²) in [4.78, 5) is 10.5. The summed E-state index contributed by atoms with van der Waals surface area (Å²) in [5.41, 5.74) is -0.394. The monoisotopic (exact) mass is 283 g/mol. The summed E-state index contributed by atoms with van der Waals surface area (Å²) in [7, 11) is 0. The average Bonchev–Trinajstić information content (AvgIpc) is 3.06. The van der Waals surface area contributed by atoms with Crippen LogP contribution in [0.1, 0.15) is 24.8 Å². The van der Waals surface area contributed by atoms with Crippen LogP contribution in [-0.4, -0.2) is 16.8 Å². The number of thioether (sulfide) groups is 1. The molecule has 0 aliphatic heterocycles. The molecule has 6 heteroatoms. The molecule has 19 heavy (non-hydrogen) atoms. The van der Waals surface area contributed by atoms with E-state index in [0.29, 0.717) is 5.75 Å². The lowest BCUT2D eigenvalue weighted by atomic mass is 10.1. The molecule has 0 atom stereocenters. The number of carboxylic acids is 1. The first-order valence-electron chi connectivity index (χ1n) is 5.69. The lowest BCUT2D eigenvalue weighted by Gasteiger charge is -2.12. The van der Waals surface area contributed by atoms with Gasteiger partial charge in [0.15, 0.2) is 0 Å². The molecule has 0 unspecified atom stereocenters. The van der Waals surface area contributed by atoms with Gasteiger partial charge in [-0.05, 0) is 30.4 Å². The molecule has 1 aliphatic rings. The summed E-state index contributed by atoms with van der Waals surface area (Å²) in [6.45, 7) is 0. The number of rotatable bonds is 5. The van der Waals surface area contributed by atoms with Crippen LogP contribution < -0.4 is 0 Å². The van der Waals surface area contributed by atoms with Crippen molar-refractivity contribution in [2.24, 2.45) is 5.41 Å². The van der Waals surface area contributed by atoms with Gasteiger partial charge in [0.05, 0.1) is 22.9 Å². The molecule has 0 radical (unpaired) electrons. The first-order valence-corrected chi connectivity index (χ1v) is 6.68. The van der Waals surface area contributed by atoms with Crippen molar-refractivity contribution in [3.8, 4) is 6.07 Å². The van der Waals surface area contributed by atoms with Crippen LogP contribution in [0, 0.1) is 28.4 Å². The molecule has 1 aliphatic carbocycles. The van der Waals surface area contributed by atoms with Crippen LogP contribution in [-0.2, 0) is 4.79 Å². The number of nitriles is 1. The van der Waals surface area contributed by atoms with E-state index in [4.69, 9.17) is 10.4 Å². The molecule has 0 spiro atoms. The Hall–Kier alpha value is -1.61. The van der Waals surface area contributed by atoms with Crippen molar-refractivity contribution in [2.75, 3.05) is 5.75 Å². The van der Waals surface area contributed by atoms with Gasteiger partial charge in [0.2, 0.25) is 0 Å². The second kappa shape index (κ2) is 5.17. The summed E-state index contributed by atoms with van der Waals surface area (Å²) in [5, 5.41) is 17.4. The molecule has 0 saturated heterocycles. The van der Waals surface area contributed by atoms with Gasteiger partial charge in [-0.3, -0.25) is 4.79 Å². The van der Waals surface area contributed by atoms with E-state index < -0.39 is 17.6 Å². The molecule has 1 N–H and O–H groups in total. The van der Waals surface area contributed by atoms with E-state index in [9.17, 15) is 13.6 Å². The zero-order valence-corrected chi connectivity index (χ0v) is 10.8. The van der Waals surface area contributed by atoms with Gasteiger partial charge in [-0.25, -0.2) is 8.78 Å². The van der Waals surface area contributed by atoms with Crippen LogP contribution in [0.25, 0.3) is 0 Å². The molecule has 0 aromatic heterocycles. The molecule has 3 nitrogen and oxygen atoms in total. The number of hydrogen-bond acceptors (Lipinski definition) is 3. The molecule has 1 aromatic carbocycles. The summed E-state index contributed by atoms with van der Waals surface area (Å²) in [5.74, 6) is -2.06. The minimum atomic E-state index is -0.890. The molecule has 1 aromatic rings. The molecule has 1 fully saturated rings. The Morgan fingerprint density at radius 1 is 1.42 bits per heavy atom. The van der Waals surface area contributed by atoms with Crippen molar-refractivity contribution >= 4 is 17.7 Å². The maximum atomic E-state index is 13.6. The van der Waals surface area contributed by atoms with Crippen LogP contribution in [0.4, 0.5) is 8.78 Å². The van der Waals surface area contributed by atoms with Gasteiger partial charge < -0.3 is 5.11 Å². The highest BCUT2D eigenvalue weighted by Crippen LogP contribution is 2.52. The van der Waals surface area contributed by atoms with Crippen LogP contribution in [0.2, 0.25) is 0 Å². The highest BCUT2D eigenvalue weighted by Gasteiger charge is 2.44. The lowest BCUT2D eigenvalue weighted by Crippen LogP contribution is -2.11. The van der Waals surface area contributed by atoms with E-state index in [-0.39, 0.29) is 22.3 Å². The standard InChI is InChI=1S/C13H11F2NO2S/c14-9-3-8(6-16)4-10(15)12(9)19-7-13(1-2-13)5-11(17)18/h3-4H,1-2,5,7H2,(H,17,18). The largest absolute Gasteiger partial charge is 0.481 e. The minimum Gasteiger partial charge on any atom is -0.481 e. The SMILES string of the molecule is N#Cc1cc(F)c(SCC2(CC(=O)O)CC2)c(F)c1. The molecule has 2 rings (SSSR count). The van der Waals surface area contributed by atoms with Gasteiger partial charge in [-0.2, -0.15) is 5.26 Å². The average molecular weight is 283 g/mol. The third kappa shape index (κ3) is 3.24. The third-order valence-corrected chi connectivity index (χ3v) is 4.57. The molecule has 0 bridgehead atoms. The molecule has 0 amide bonds. The fourth-order valence-corrected chi connectivity index (χ4v) is 3.09. The molecular weight excluding hydrogens is 272 g/mol. The van der Waals surface area contributed by atoms with Crippen LogP contribution >= 0.6 is 11.8 Å². The fourth-order valence-electron chi connectivity index (χ4n) is 1.86. The van der Waals surface area contributed by atoms with Crippen molar-refractivity contribution in [3.05, 3.63) is 29.3 Å². The van der Waals surface area contributed by atoms with E-state index in [1.165, 1.54) is 0 Å². The zero-order valence-electron chi connectivity index (χ0n) is 9.95. The zero-order chi connectivity index (χ0) is 14.0. The van der Waals surface area contributed by atoms with Gasteiger partial charge in [0.25, 0.3) is 0 Å². The predicted octanol–water partition coefficient (Wildman–Crippen LogP) is 3.18. The van der Waals surface area contributed by atoms with Crippen molar-refractivity contribution in [2.45, 2.75) is 24.2 Å². The normalized spacial score (nSPS) is 15.8. The Bertz CT molecular complexity index is 541. The fraction of sp³-hybridized carbons (Fsp3) is 0.385. The van der Waals surface area contributed by atoms with Crippen LogP contribution in [0.5, 0.6) is 0 Å². The van der Waals surface area contributed by atoms with Gasteiger partial charge in [-0.15, -0.1) is 11.8 Å².